The van der Waals surface area contributed by atoms with Crippen LogP contribution < -0.4 is 11.1 Å². The molecule has 3 N–H and O–H groups in total. The quantitative estimate of drug-likeness (QED) is 0.888. The summed E-state index contributed by atoms with van der Waals surface area (Å²) in [5.74, 6) is -0.0221. The van der Waals surface area contributed by atoms with Gasteiger partial charge in [0.1, 0.15) is 0 Å². The van der Waals surface area contributed by atoms with Gasteiger partial charge in [0.25, 0.3) is 0 Å². The number of nitrogens with zero attached hydrogens (tertiary/aromatic N) is 2. The van der Waals surface area contributed by atoms with Crippen molar-refractivity contribution in [3.63, 3.8) is 0 Å². The second kappa shape index (κ2) is 7.96. The first kappa shape index (κ1) is 18.2. The van der Waals surface area contributed by atoms with Crippen molar-refractivity contribution in [3.8, 4) is 5.69 Å². The molecule has 120 valence electrons. The minimum Gasteiger partial charge on any atom is -0.328 e. The van der Waals surface area contributed by atoms with Crippen molar-refractivity contribution in [2.45, 2.75) is 39.7 Å². The van der Waals surface area contributed by atoms with Crippen LogP contribution in [-0.4, -0.2) is 21.7 Å². The number of hydrogen-bond acceptors (Lipinski definition) is 3. The molecule has 0 fully saturated rings. The fourth-order valence-electron chi connectivity index (χ4n) is 2.20. The van der Waals surface area contributed by atoms with E-state index in [4.69, 9.17) is 5.73 Å². The summed E-state index contributed by atoms with van der Waals surface area (Å²) in [6.07, 6.45) is 1.10. The predicted octanol–water partition coefficient (Wildman–Crippen LogP) is 2.98. The van der Waals surface area contributed by atoms with Gasteiger partial charge in [-0.15, -0.1) is 12.4 Å². The third-order valence-electron chi connectivity index (χ3n) is 3.38. The number of aromatic nitrogens is 2. The van der Waals surface area contributed by atoms with Crippen molar-refractivity contribution in [1.29, 1.82) is 0 Å². The van der Waals surface area contributed by atoms with Crippen molar-refractivity contribution in [2.24, 2.45) is 5.73 Å². The molecule has 0 aliphatic carbocycles. The van der Waals surface area contributed by atoms with E-state index in [1.807, 2.05) is 55.8 Å². The third-order valence-corrected chi connectivity index (χ3v) is 3.38. The lowest BCUT2D eigenvalue weighted by Crippen LogP contribution is -2.19. The Morgan fingerprint density at radius 2 is 1.95 bits per heavy atom. The largest absolute Gasteiger partial charge is 0.328 e. The van der Waals surface area contributed by atoms with Crippen molar-refractivity contribution in [2.75, 3.05) is 5.32 Å². The first-order valence-electron chi connectivity index (χ1n) is 7.16. The number of anilines is 1. The van der Waals surface area contributed by atoms with Gasteiger partial charge in [-0.2, -0.15) is 5.10 Å². The molecular weight excluding hydrogens is 300 g/mol. The average Bonchev–Trinajstić information content (AvgIpc) is 2.74. The van der Waals surface area contributed by atoms with Gasteiger partial charge >= 0.3 is 0 Å². The molecule has 0 saturated heterocycles. The number of nitrogens with two attached hydrogens (primary N) is 1. The maximum Gasteiger partial charge on any atom is 0.224 e. The summed E-state index contributed by atoms with van der Waals surface area (Å²) in [6.45, 7) is 5.75. The molecule has 1 aromatic heterocycles. The standard InChI is InChI=1S/C16H22N4O.ClH/c1-11(17)9-10-15(21)18-16-12(2)19-20(13(16)3)14-7-5-4-6-8-14;/h4-8,11H,9-10,17H2,1-3H3,(H,18,21);1H. The van der Waals surface area contributed by atoms with Gasteiger partial charge in [-0.1, -0.05) is 18.2 Å². The van der Waals surface area contributed by atoms with Crippen LogP contribution in [0.5, 0.6) is 0 Å². The minimum absolute atomic E-state index is 0. The fourth-order valence-corrected chi connectivity index (χ4v) is 2.20. The van der Waals surface area contributed by atoms with Crippen LogP contribution in [0.15, 0.2) is 30.3 Å². The Balaban J connectivity index is 0.00000242. The van der Waals surface area contributed by atoms with Crippen LogP contribution in [0.1, 0.15) is 31.2 Å². The summed E-state index contributed by atoms with van der Waals surface area (Å²) in [5, 5.41) is 7.45. The second-order valence-corrected chi connectivity index (χ2v) is 5.36. The van der Waals surface area contributed by atoms with Gasteiger partial charge in [-0.25, -0.2) is 4.68 Å². The van der Waals surface area contributed by atoms with Gasteiger partial charge < -0.3 is 11.1 Å². The summed E-state index contributed by atoms with van der Waals surface area (Å²) in [4.78, 5) is 12.0. The Hall–Kier alpha value is -1.85. The van der Waals surface area contributed by atoms with Crippen molar-refractivity contribution >= 4 is 24.0 Å². The normalized spacial score (nSPS) is 11.6. The molecule has 6 heteroatoms. The molecule has 2 rings (SSSR count). The Morgan fingerprint density at radius 1 is 1.32 bits per heavy atom. The summed E-state index contributed by atoms with van der Waals surface area (Å²) in [6, 6.07) is 9.90. The summed E-state index contributed by atoms with van der Waals surface area (Å²) in [5.41, 5.74) is 9.18. The van der Waals surface area contributed by atoms with Crippen LogP contribution >= 0.6 is 12.4 Å². The summed E-state index contributed by atoms with van der Waals surface area (Å²) in [7, 11) is 0. The van der Waals surface area contributed by atoms with Gasteiger partial charge in [0.05, 0.1) is 22.8 Å². The average molecular weight is 323 g/mol. The molecule has 0 aliphatic heterocycles. The summed E-state index contributed by atoms with van der Waals surface area (Å²) >= 11 is 0. The Bertz CT molecular complexity index is 623. The predicted molar refractivity (Wildman–Crippen MR) is 91.8 cm³/mol. The maximum atomic E-state index is 12.0. The number of halogens is 1. The van der Waals surface area contributed by atoms with E-state index in [1.165, 1.54) is 0 Å². The van der Waals surface area contributed by atoms with E-state index < -0.39 is 0 Å². The first-order chi connectivity index (χ1) is 9.99. The second-order valence-electron chi connectivity index (χ2n) is 5.36. The molecule has 2 aromatic rings. The number of aryl methyl sites for hydroxylation is 1. The van der Waals surface area contributed by atoms with E-state index in [2.05, 4.69) is 10.4 Å². The highest BCUT2D eigenvalue weighted by Crippen LogP contribution is 2.22. The monoisotopic (exact) mass is 322 g/mol. The highest BCUT2D eigenvalue weighted by Gasteiger charge is 2.15. The van der Waals surface area contributed by atoms with Crippen LogP contribution in [0.25, 0.3) is 5.69 Å². The number of benzene rings is 1. The highest BCUT2D eigenvalue weighted by atomic mass is 35.5. The number of nitrogens with one attached hydrogen (secondary N) is 1. The van der Waals surface area contributed by atoms with E-state index in [0.29, 0.717) is 12.8 Å². The van der Waals surface area contributed by atoms with E-state index in [-0.39, 0.29) is 24.4 Å². The van der Waals surface area contributed by atoms with Crippen LogP contribution in [-0.2, 0) is 4.79 Å². The lowest BCUT2D eigenvalue weighted by atomic mass is 10.2. The zero-order chi connectivity index (χ0) is 15.4. The molecule has 22 heavy (non-hydrogen) atoms. The summed E-state index contributed by atoms with van der Waals surface area (Å²) < 4.78 is 1.84. The first-order valence-corrected chi connectivity index (χ1v) is 7.16. The number of rotatable bonds is 5. The lowest BCUT2D eigenvalue weighted by Gasteiger charge is -2.08. The van der Waals surface area contributed by atoms with E-state index in [9.17, 15) is 4.79 Å². The molecule has 5 nitrogen and oxygen atoms in total. The molecular formula is C16H23ClN4O. The Morgan fingerprint density at radius 3 is 2.55 bits per heavy atom. The molecule has 1 amide bonds. The Labute approximate surface area is 137 Å². The highest BCUT2D eigenvalue weighted by molar-refractivity contribution is 5.92. The molecule has 0 bridgehead atoms. The molecule has 0 saturated carbocycles. The molecule has 1 heterocycles. The fraction of sp³-hybridized carbons (Fsp3) is 0.375. The number of carbonyl (C=O) groups is 1. The zero-order valence-corrected chi connectivity index (χ0v) is 14.0. The minimum atomic E-state index is -0.0221. The van der Waals surface area contributed by atoms with E-state index >= 15 is 0 Å². The molecule has 1 atom stereocenters. The molecule has 0 aliphatic rings. The number of hydrogen-bond donors (Lipinski definition) is 2. The van der Waals surface area contributed by atoms with Crippen LogP contribution in [0.4, 0.5) is 5.69 Å². The third kappa shape index (κ3) is 4.32. The molecule has 0 spiro atoms. The van der Waals surface area contributed by atoms with E-state index in [1.54, 1.807) is 0 Å². The zero-order valence-electron chi connectivity index (χ0n) is 13.2. The smallest absolute Gasteiger partial charge is 0.224 e. The van der Waals surface area contributed by atoms with Crippen LogP contribution in [0.2, 0.25) is 0 Å². The van der Waals surface area contributed by atoms with Crippen molar-refractivity contribution in [3.05, 3.63) is 41.7 Å². The van der Waals surface area contributed by atoms with Crippen LogP contribution in [0.3, 0.4) is 0 Å². The lowest BCUT2D eigenvalue weighted by molar-refractivity contribution is -0.116. The van der Waals surface area contributed by atoms with E-state index in [0.717, 1.165) is 22.8 Å². The SMILES string of the molecule is Cc1nn(-c2ccccc2)c(C)c1NC(=O)CCC(C)N.Cl. The van der Waals surface area contributed by atoms with Crippen molar-refractivity contribution < 1.29 is 4.79 Å². The van der Waals surface area contributed by atoms with Crippen LogP contribution in [0, 0.1) is 13.8 Å². The van der Waals surface area contributed by atoms with Gasteiger partial charge in [0.15, 0.2) is 0 Å². The van der Waals surface area contributed by atoms with Gasteiger partial charge in [0.2, 0.25) is 5.91 Å². The molecule has 1 aromatic carbocycles. The Kier molecular flexibility index (Phi) is 6.59. The van der Waals surface area contributed by atoms with Gasteiger partial charge in [-0.3, -0.25) is 4.79 Å². The number of para-hydroxylation sites is 1. The maximum absolute atomic E-state index is 12.0. The van der Waals surface area contributed by atoms with Crippen molar-refractivity contribution in [1.82, 2.24) is 9.78 Å². The van der Waals surface area contributed by atoms with Gasteiger partial charge in [-0.05, 0) is 39.3 Å². The molecule has 1 unspecified atom stereocenters. The molecule has 0 radical (unpaired) electrons. The topological polar surface area (TPSA) is 72.9 Å². The van der Waals surface area contributed by atoms with Gasteiger partial charge in [0, 0.05) is 12.5 Å². The number of carbonyl (C=O) groups excluding carboxylic acids is 1. The number of amides is 1.